The van der Waals surface area contributed by atoms with E-state index < -0.39 is 10.0 Å². The van der Waals surface area contributed by atoms with Gasteiger partial charge < -0.3 is 11.1 Å². The van der Waals surface area contributed by atoms with E-state index in [-0.39, 0.29) is 10.8 Å². The van der Waals surface area contributed by atoms with Gasteiger partial charge in [0, 0.05) is 30.0 Å². The van der Waals surface area contributed by atoms with Gasteiger partial charge in [0.1, 0.15) is 10.7 Å². The molecule has 1 saturated heterocycles. The monoisotopic (exact) mass is 491 g/mol. The number of pyridine rings is 1. The fourth-order valence-corrected chi connectivity index (χ4v) is 5.50. The van der Waals surface area contributed by atoms with Gasteiger partial charge in [0.2, 0.25) is 21.9 Å². The number of rotatable bonds is 7. The summed E-state index contributed by atoms with van der Waals surface area (Å²) in [6.07, 6.45) is 4.26. The minimum Gasteiger partial charge on any atom is -0.368 e. The third-order valence-electron chi connectivity index (χ3n) is 4.81. The second-order valence-electron chi connectivity index (χ2n) is 7.15. The molecule has 2 aromatic heterocycles. The molecule has 0 radical (unpaired) electrons. The van der Waals surface area contributed by atoms with Gasteiger partial charge in [0.05, 0.1) is 10.8 Å². The highest BCUT2D eigenvalue weighted by Gasteiger charge is 2.26. The van der Waals surface area contributed by atoms with E-state index in [0.29, 0.717) is 40.7 Å². The Balaban J connectivity index is 1.41. The van der Waals surface area contributed by atoms with E-state index in [9.17, 15) is 8.42 Å². The minimum absolute atomic E-state index is 0.1000. The van der Waals surface area contributed by atoms with Crippen molar-refractivity contribution < 1.29 is 8.42 Å². The summed E-state index contributed by atoms with van der Waals surface area (Å²) in [6, 6.07) is 10.4. The van der Waals surface area contributed by atoms with Crippen LogP contribution in [0.15, 0.2) is 52.5 Å². The van der Waals surface area contributed by atoms with E-state index in [0.717, 1.165) is 24.9 Å². The van der Waals surface area contributed by atoms with Gasteiger partial charge in [-0.05, 0) is 49.2 Å². The Kier molecular flexibility index (Phi) is 7.09. The number of nitrogens with one attached hydrogen (secondary N) is 1. The second-order valence-corrected chi connectivity index (χ2v) is 10.5. The highest BCUT2D eigenvalue weighted by atomic mass is 35.5. The highest BCUT2D eigenvalue weighted by molar-refractivity contribution is 7.98. The molecule has 3 heterocycles. The number of thioether (sulfide) groups is 1. The van der Waals surface area contributed by atoms with Gasteiger partial charge in [0.15, 0.2) is 0 Å². The van der Waals surface area contributed by atoms with Crippen LogP contribution in [0, 0.1) is 0 Å². The lowest BCUT2D eigenvalue weighted by Gasteiger charge is -2.25. The van der Waals surface area contributed by atoms with Crippen molar-refractivity contribution in [1.82, 2.24) is 24.2 Å². The number of hydrogen-bond acceptors (Lipinski definition) is 9. The molecule has 0 unspecified atom stereocenters. The number of sulfonamides is 1. The van der Waals surface area contributed by atoms with Gasteiger partial charge in [-0.3, -0.25) is 0 Å². The lowest BCUT2D eigenvalue weighted by molar-refractivity contribution is 0.346. The van der Waals surface area contributed by atoms with Crippen LogP contribution in [0.25, 0.3) is 0 Å². The third-order valence-corrected chi connectivity index (χ3v) is 7.88. The normalized spacial score (nSPS) is 14.9. The number of hydrogen-bond donors (Lipinski definition) is 2. The van der Waals surface area contributed by atoms with Crippen LogP contribution in [0.2, 0.25) is 5.02 Å². The molecular formula is C20H22ClN7O2S2. The van der Waals surface area contributed by atoms with Gasteiger partial charge >= 0.3 is 0 Å². The molecule has 4 rings (SSSR count). The van der Waals surface area contributed by atoms with Crippen molar-refractivity contribution in [2.75, 3.05) is 24.1 Å². The molecule has 1 aromatic carbocycles. The van der Waals surface area contributed by atoms with Crippen LogP contribution >= 0.6 is 23.4 Å². The van der Waals surface area contributed by atoms with Crippen LogP contribution in [0.3, 0.4) is 0 Å². The summed E-state index contributed by atoms with van der Waals surface area (Å²) in [5, 5.41) is 4.36. The van der Waals surface area contributed by atoms with Crippen LogP contribution < -0.4 is 11.1 Å². The standard InChI is InChI=1S/C20H22ClN7O2S2/c21-14-4-6-15(7-5-14)24-20-26-17(25-19(22)27-20)13-31-18-9-8-16(12-23-18)32(29,30)28-10-2-1-3-11-28/h4-9,12H,1-3,10-11,13H2,(H3,22,24,25,26,27). The molecule has 0 atom stereocenters. The van der Waals surface area contributed by atoms with Gasteiger partial charge in [0.25, 0.3) is 0 Å². The van der Waals surface area contributed by atoms with Crippen LogP contribution in [0.5, 0.6) is 0 Å². The molecule has 0 aliphatic carbocycles. The Bertz CT molecular complexity index is 1170. The number of aromatic nitrogens is 4. The van der Waals surface area contributed by atoms with Crippen LogP contribution in [-0.4, -0.2) is 45.7 Å². The van der Waals surface area contributed by atoms with Crippen LogP contribution in [0.4, 0.5) is 17.6 Å². The van der Waals surface area contributed by atoms with Crippen LogP contribution in [0.1, 0.15) is 25.1 Å². The maximum absolute atomic E-state index is 12.7. The zero-order valence-corrected chi connectivity index (χ0v) is 19.5. The molecule has 0 saturated carbocycles. The van der Waals surface area contributed by atoms with Gasteiger partial charge in [-0.2, -0.15) is 19.3 Å². The summed E-state index contributed by atoms with van der Waals surface area (Å²) in [5.74, 6) is 1.30. The molecule has 9 nitrogen and oxygen atoms in total. The predicted octanol–water partition coefficient (Wildman–Crippen LogP) is 3.71. The first-order chi connectivity index (χ1) is 15.4. The van der Waals surface area contributed by atoms with Crippen LogP contribution in [-0.2, 0) is 15.8 Å². The smallest absolute Gasteiger partial charge is 0.244 e. The Morgan fingerprint density at radius 3 is 2.47 bits per heavy atom. The Hall–Kier alpha value is -2.47. The first-order valence-corrected chi connectivity index (χ1v) is 12.8. The van der Waals surface area contributed by atoms with E-state index >= 15 is 0 Å². The first kappa shape index (κ1) is 22.7. The molecule has 3 aromatic rings. The van der Waals surface area contributed by atoms with Crippen molar-refractivity contribution in [3.05, 3.63) is 53.4 Å². The summed E-state index contributed by atoms with van der Waals surface area (Å²) >= 11 is 7.29. The summed E-state index contributed by atoms with van der Waals surface area (Å²) in [4.78, 5) is 17.2. The molecule has 0 spiro atoms. The van der Waals surface area contributed by atoms with E-state index in [1.807, 2.05) is 0 Å². The Morgan fingerprint density at radius 2 is 1.78 bits per heavy atom. The maximum atomic E-state index is 12.7. The third kappa shape index (κ3) is 5.66. The van der Waals surface area contributed by atoms with E-state index in [2.05, 4.69) is 25.3 Å². The summed E-state index contributed by atoms with van der Waals surface area (Å²) in [7, 11) is -3.49. The number of halogens is 1. The van der Waals surface area contributed by atoms with Crippen molar-refractivity contribution in [2.45, 2.75) is 34.9 Å². The number of nitrogens with zero attached hydrogens (tertiary/aromatic N) is 5. The topological polar surface area (TPSA) is 127 Å². The van der Waals surface area contributed by atoms with Crippen molar-refractivity contribution >= 4 is 51.0 Å². The molecule has 1 fully saturated rings. The largest absolute Gasteiger partial charge is 0.368 e. The Morgan fingerprint density at radius 1 is 1.03 bits per heavy atom. The van der Waals surface area contributed by atoms with Gasteiger partial charge in [-0.15, -0.1) is 0 Å². The molecule has 1 aliphatic heterocycles. The summed E-state index contributed by atoms with van der Waals surface area (Å²) in [5.41, 5.74) is 6.59. The quantitative estimate of drug-likeness (QED) is 0.475. The Labute approximate surface area is 195 Å². The average Bonchev–Trinajstić information content (AvgIpc) is 2.80. The number of nitrogen functional groups attached to an aromatic ring is 1. The number of anilines is 3. The van der Waals surface area contributed by atoms with Gasteiger partial charge in [-0.25, -0.2) is 13.4 Å². The molecular weight excluding hydrogens is 470 g/mol. The predicted molar refractivity (Wildman–Crippen MR) is 125 cm³/mol. The number of nitrogens with two attached hydrogens (primary N) is 1. The fraction of sp³-hybridized carbons (Fsp3) is 0.300. The molecule has 12 heteroatoms. The summed E-state index contributed by atoms with van der Waals surface area (Å²) < 4.78 is 27.0. The van der Waals surface area contributed by atoms with E-state index in [4.69, 9.17) is 17.3 Å². The van der Waals surface area contributed by atoms with E-state index in [1.165, 1.54) is 22.3 Å². The minimum atomic E-state index is -3.49. The molecule has 32 heavy (non-hydrogen) atoms. The first-order valence-electron chi connectivity index (χ1n) is 10.0. The molecule has 1 aliphatic rings. The summed E-state index contributed by atoms with van der Waals surface area (Å²) in [6.45, 7) is 1.12. The van der Waals surface area contributed by atoms with Crippen molar-refractivity contribution in [3.63, 3.8) is 0 Å². The zero-order chi connectivity index (χ0) is 22.6. The van der Waals surface area contributed by atoms with Crippen molar-refractivity contribution in [2.24, 2.45) is 0 Å². The zero-order valence-electron chi connectivity index (χ0n) is 17.1. The molecule has 168 valence electrons. The van der Waals surface area contributed by atoms with Crippen molar-refractivity contribution in [1.29, 1.82) is 0 Å². The second kappa shape index (κ2) is 9.99. The van der Waals surface area contributed by atoms with E-state index in [1.54, 1.807) is 36.4 Å². The molecule has 3 N–H and O–H groups in total. The molecule has 0 amide bonds. The number of piperidine rings is 1. The number of benzene rings is 1. The van der Waals surface area contributed by atoms with Gasteiger partial charge in [-0.1, -0.05) is 29.8 Å². The lowest BCUT2D eigenvalue weighted by atomic mass is 10.2. The fourth-order valence-electron chi connectivity index (χ4n) is 3.22. The maximum Gasteiger partial charge on any atom is 0.244 e. The highest BCUT2D eigenvalue weighted by Crippen LogP contribution is 2.24. The van der Waals surface area contributed by atoms with Crippen molar-refractivity contribution in [3.8, 4) is 0 Å². The SMILES string of the molecule is Nc1nc(CSc2ccc(S(=O)(=O)N3CCCCC3)cn2)nc(Nc2ccc(Cl)cc2)n1. The average molecular weight is 492 g/mol. The lowest BCUT2D eigenvalue weighted by Crippen LogP contribution is -2.35. The molecule has 0 bridgehead atoms.